The van der Waals surface area contributed by atoms with E-state index in [4.69, 9.17) is 4.74 Å². The van der Waals surface area contributed by atoms with Crippen LogP contribution in [0.25, 0.3) is 0 Å². The molecule has 27 heavy (non-hydrogen) atoms. The number of anilines is 1. The van der Waals surface area contributed by atoms with Crippen molar-refractivity contribution in [2.75, 3.05) is 11.9 Å². The number of amides is 1. The van der Waals surface area contributed by atoms with Gasteiger partial charge in [-0.15, -0.1) is 0 Å². The lowest BCUT2D eigenvalue weighted by atomic mass is 10.1. The molecule has 2 aromatic carbocycles. The van der Waals surface area contributed by atoms with Crippen LogP contribution in [0, 0.1) is 0 Å². The normalized spacial score (nSPS) is 12.4. The highest BCUT2D eigenvalue weighted by atomic mass is 32.2. The molecule has 0 saturated carbocycles. The van der Waals surface area contributed by atoms with Crippen LogP contribution in [-0.4, -0.2) is 27.0 Å². The number of hydrogen-bond donors (Lipinski definition) is 2. The first-order valence-electron chi connectivity index (χ1n) is 8.98. The van der Waals surface area contributed by atoms with Crippen molar-refractivity contribution < 1.29 is 17.9 Å². The number of para-hydroxylation sites is 1. The highest BCUT2D eigenvalue weighted by Crippen LogP contribution is 2.18. The van der Waals surface area contributed by atoms with Gasteiger partial charge >= 0.3 is 0 Å². The molecule has 7 heteroatoms. The van der Waals surface area contributed by atoms with Crippen LogP contribution in [0.2, 0.25) is 0 Å². The monoisotopic (exact) mass is 390 g/mol. The molecule has 0 fully saturated rings. The first kappa shape index (κ1) is 20.9. The smallest absolute Gasteiger partial charge is 0.262 e. The van der Waals surface area contributed by atoms with E-state index in [1.165, 1.54) is 12.1 Å². The van der Waals surface area contributed by atoms with Gasteiger partial charge in [-0.25, -0.2) is 13.1 Å². The summed E-state index contributed by atoms with van der Waals surface area (Å²) in [5, 5.41) is 2.83. The van der Waals surface area contributed by atoms with E-state index < -0.39 is 10.0 Å². The second kappa shape index (κ2) is 9.53. The molecule has 0 heterocycles. The van der Waals surface area contributed by atoms with E-state index >= 15 is 0 Å². The number of ether oxygens (including phenoxy) is 1. The Kier molecular flexibility index (Phi) is 7.38. The minimum Gasteiger partial charge on any atom is -0.484 e. The summed E-state index contributed by atoms with van der Waals surface area (Å²) in [4.78, 5) is 12.3. The SMILES string of the molecule is CCc1ccccc1NC(=O)COc1ccc(S(=O)(=O)N[C@H](C)CC)cc1. The summed E-state index contributed by atoms with van der Waals surface area (Å²) in [5.41, 5.74) is 1.82. The minimum absolute atomic E-state index is 0.138. The number of benzene rings is 2. The summed E-state index contributed by atoms with van der Waals surface area (Å²) in [6, 6.07) is 13.5. The van der Waals surface area contributed by atoms with Crippen LogP contribution in [0.5, 0.6) is 5.75 Å². The molecule has 0 bridgehead atoms. The van der Waals surface area contributed by atoms with E-state index in [0.29, 0.717) is 12.2 Å². The quantitative estimate of drug-likeness (QED) is 0.688. The Bertz CT molecular complexity index is 864. The van der Waals surface area contributed by atoms with E-state index in [-0.39, 0.29) is 23.5 Å². The zero-order valence-electron chi connectivity index (χ0n) is 15.9. The summed E-state index contributed by atoms with van der Waals surface area (Å²) in [6.07, 6.45) is 1.52. The third-order valence-electron chi connectivity index (χ3n) is 4.15. The summed E-state index contributed by atoms with van der Waals surface area (Å²) < 4.78 is 32.5. The lowest BCUT2D eigenvalue weighted by molar-refractivity contribution is -0.118. The average Bonchev–Trinajstić information content (AvgIpc) is 2.66. The van der Waals surface area contributed by atoms with Crippen molar-refractivity contribution in [1.82, 2.24) is 4.72 Å². The zero-order valence-corrected chi connectivity index (χ0v) is 16.7. The highest BCUT2D eigenvalue weighted by Gasteiger charge is 2.16. The fourth-order valence-electron chi connectivity index (χ4n) is 2.42. The standard InChI is InChI=1S/C20H26N2O4S/c1-4-15(3)22-27(24,25)18-12-10-17(11-13-18)26-14-20(23)21-19-9-7-6-8-16(19)5-2/h6-13,15,22H,4-5,14H2,1-3H3,(H,21,23)/t15-/m1/s1. The second-order valence-electron chi connectivity index (χ2n) is 6.25. The Morgan fingerprint density at radius 2 is 1.74 bits per heavy atom. The molecule has 0 aliphatic heterocycles. The van der Waals surface area contributed by atoms with Crippen molar-refractivity contribution in [1.29, 1.82) is 0 Å². The minimum atomic E-state index is -3.55. The number of rotatable bonds is 9. The largest absolute Gasteiger partial charge is 0.484 e. The van der Waals surface area contributed by atoms with Gasteiger partial charge in [0.2, 0.25) is 10.0 Å². The second-order valence-corrected chi connectivity index (χ2v) is 7.96. The molecular weight excluding hydrogens is 364 g/mol. The van der Waals surface area contributed by atoms with E-state index in [0.717, 1.165) is 17.7 Å². The van der Waals surface area contributed by atoms with Crippen LogP contribution < -0.4 is 14.8 Å². The van der Waals surface area contributed by atoms with Crippen molar-refractivity contribution in [3.8, 4) is 5.75 Å². The maximum Gasteiger partial charge on any atom is 0.262 e. The van der Waals surface area contributed by atoms with Crippen LogP contribution in [-0.2, 0) is 21.2 Å². The number of aryl methyl sites for hydroxylation is 1. The van der Waals surface area contributed by atoms with Gasteiger partial charge < -0.3 is 10.1 Å². The molecule has 2 N–H and O–H groups in total. The first-order valence-corrected chi connectivity index (χ1v) is 10.5. The van der Waals surface area contributed by atoms with Gasteiger partial charge in [0, 0.05) is 11.7 Å². The Balaban J connectivity index is 1.94. The molecule has 0 unspecified atom stereocenters. The molecular formula is C20H26N2O4S. The summed E-state index contributed by atoms with van der Waals surface area (Å²) in [6.45, 7) is 5.58. The van der Waals surface area contributed by atoms with Crippen LogP contribution in [0.1, 0.15) is 32.8 Å². The van der Waals surface area contributed by atoms with Gasteiger partial charge in [0.1, 0.15) is 5.75 Å². The van der Waals surface area contributed by atoms with Gasteiger partial charge in [0.25, 0.3) is 5.91 Å². The molecule has 1 amide bonds. The topological polar surface area (TPSA) is 84.5 Å². The summed E-state index contributed by atoms with van der Waals surface area (Å²) in [7, 11) is -3.55. The van der Waals surface area contributed by atoms with Crippen LogP contribution in [0.4, 0.5) is 5.69 Å². The molecule has 0 aliphatic carbocycles. The number of carbonyl (C=O) groups excluding carboxylic acids is 1. The van der Waals surface area contributed by atoms with Gasteiger partial charge in [-0.2, -0.15) is 0 Å². The molecule has 1 atom stereocenters. The predicted molar refractivity (Wildman–Crippen MR) is 106 cm³/mol. The molecule has 0 aliphatic rings. The predicted octanol–water partition coefficient (Wildman–Crippen LogP) is 3.34. The fourth-order valence-corrected chi connectivity index (χ4v) is 3.74. The number of hydrogen-bond acceptors (Lipinski definition) is 4. The molecule has 2 aromatic rings. The molecule has 0 aromatic heterocycles. The highest BCUT2D eigenvalue weighted by molar-refractivity contribution is 7.89. The van der Waals surface area contributed by atoms with E-state index in [9.17, 15) is 13.2 Å². The maximum atomic E-state index is 12.2. The third kappa shape index (κ3) is 6.08. The molecule has 0 radical (unpaired) electrons. The van der Waals surface area contributed by atoms with Crippen LogP contribution in [0.3, 0.4) is 0 Å². The van der Waals surface area contributed by atoms with Crippen molar-refractivity contribution >= 4 is 21.6 Å². The van der Waals surface area contributed by atoms with Crippen LogP contribution >= 0.6 is 0 Å². The van der Waals surface area contributed by atoms with Gasteiger partial charge in [-0.1, -0.05) is 32.0 Å². The molecule has 0 saturated heterocycles. The van der Waals surface area contributed by atoms with Crippen molar-refractivity contribution in [3.63, 3.8) is 0 Å². The Morgan fingerprint density at radius 3 is 2.37 bits per heavy atom. The third-order valence-corrected chi connectivity index (χ3v) is 5.75. The average molecular weight is 391 g/mol. The van der Waals surface area contributed by atoms with Crippen molar-refractivity contribution in [2.24, 2.45) is 0 Å². The molecule has 2 rings (SSSR count). The summed E-state index contributed by atoms with van der Waals surface area (Å²) in [5.74, 6) is 0.155. The Labute approximate surface area is 161 Å². The van der Waals surface area contributed by atoms with Gasteiger partial charge in [-0.05, 0) is 55.7 Å². The van der Waals surface area contributed by atoms with E-state index in [1.807, 2.05) is 45.0 Å². The van der Waals surface area contributed by atoms with Crippen molar-refractivity contribution in [2.45, 2.75) is 44.6 Å². The lowest BCUT2D eigenvalue weighted by Gasteiger charge is -2.13. The van der Waals surface area contributed by atoms with Crippen molar-refractivity contribution in [3.05, 3.63) is 54.1 Å². The lowest BCUT2D eigenvalue weighted by Crippen LogP contribution is -2.31. The van der Waals surface area contributed by atoms with Crippen LogP contribution in [0.15, 0.2) is 53.4 Å². The molecule has 146 valence electrons. The molecule has 6 nitrogen and oxygen atoms in total. The zero-order chi connectivity index (χ0) is 19.9. The Hall–Kier alpha value is -2.38. The Morgan fingerprint density at radius 1 is 1.07 bits per heavy atom. The van der Waals surface area contributed by atoms with E-state index in [1.54, 1.807) is 12.1 Å². The van der Waals surface area contributed by atoms with Gasteiger partial charge in [0.05, 0.1) is 4.90 Å². The fraction of sp³-hybridized carbons (Fsp3) is 0.350. The number of nitrogens with one attached hydrogen (secondary N) is 2. The summed E-state index contributed by atoms with van der Waals surface area (Å²) >= 11 is 0. The van der Waals surface area contributed by atoms with E-state index in [2.05, 4.69) is 10.0 Å². The first-order chi connectivity index (χ1) is 12.9. The maximum absolute atomic E-state index is 12.2. The van der Waals surface area contributed by atoms with Gasteiger partial charge in [0.15, 0.2) is 6.61 Å². The van der Waals surface area contributed by atoms with Gasteiger partial charge in [-0.3, -0.25) is 4.79 Å². The number of sulfonamides is 1. The molecule has 0 spiro atoms. The number of carbonyl (C=O) groups is 1.